The third-order valence-corrected chi connectivity index (χ3v) is 4.97. The van der Waals surface area contributed by atoms with Crippen molar-refractivity contribution in [3.8, 4) is 5.75 Å². The molecule has 0 atom stereocenters. The fourth-order valence-electron chi connectivity index (χ4n) is 2.82. The molecule has 0 bridgehead atoms. The van der Waals surface area contributed by atoms with Crippen LogP contribution in [0.25, 0.3) is 0 Å². The predicted octanol–water partition coefficient (Wildman–Crippen LogP) is 3.77. The van der Waals surface area contributed by atoms with Crippen molar-refractivity contribution in [2.45, 2.75) is 17.7 Å². The lowest BCUT2D eigenvalue weighted by molar-refractivity contribution is -0.116. The summed E-state index contributed by atoms with van der Waals surface area (Å²) in [4.78, 5) is 15.5. The highest BCUT2D eigenvalue weighted by Gasteiger charge is 2.23. The molecule has 2 aromatic carbocycles. The molecule has 1 aliphatic heterocycles. The second kappa shape index (κ2) is 8.31. The number of benzene rings is 2. The molecule has 2 aromatic rings. The molecule has 4 nitrogen and oxygen atoms in total. The first-order valence-electron chi connectivity index (χ1n) is 7.63. The quantitative estimate of drug-likeness (QED) is 0.662. The molecular weight excluding hydrogens is 344 g/mol. The van der Waals surface area contributed by atoms with Gasteiger partial charge in [-0.15, -0.1) is 24.2 Å². The van der Waals surface area contributed by atoms with Crippen LogP contribution in [-0.4, -0.2) is 25.3 Å². The molecule has 0 aromatic heterocycles. The first-order valence-corrected chi connectivity index (χ1v) is 8.62. The van der Waals surface area contributed by atoms with Gasteiger partial charge in [-0.1, -0.05) is 12.1 Å². The second-order valence-electron chi connectivity index (χ2n) is 5.46. The Hall–Kier alpha value is -1.85. The van der Waals surface area contributed by atoms with E-state index in [0.717, 1.165) is 47.0 Å². The van der Waals surface area contributed by atoms with Gasteiger partial charge in [-0.05, 0) is 48.7 Å². The fraction of sp³-hybridized carbons (Fsp3) is 0.278. The SMILES string of the molecule is COc1cccc(SCC(=O)N2CCCc3c(N)cccc32)c1.Cl. The molecule has 3 rings (SSSR count). The van der Waals surface area contributed by atoms with Gasteiger partial charge in [0, 0.05) is 22.8 Å². The number of amides is 1. The van der Waals surface area contributed by atoms with Gasteiger partial charge < -0.3 is 15.4 Å². The lowest BCUT2D eigenvalue weighted by atomic mass is 10.00. The van der Waals surface area contributed by atoms with Crippen LogP contribution in [0.15, 0.2) is 47.4 Å². The summed E-state index contributed by atoms with van der Waals surface area (Å²) in [7, 11) is 1.64. The highest BCUT2D eigenvalue weighted by Crippen LogP contribution is 2.32. The summed E-state index contributed by atoms with van der Waals surface area (Å²) >= 11 is 1.53. The van der Waals surface area contributed by atoms with Crippen LogP contribution < -0.4 is 15.4 Å². The van der Waals surface area contributed by atoms with Crippen LogP contribution in [0.5, 0.6) is 5.75 Å². The maximum absolute atomic E-state index is 12.6. The van der Waals surface area contributed by atoms with Crippen LogP contribution >= 0.6 is 24.2 Å². The second-order valence-corrected chi connectivity index (χ2v) is 6.51. The van der Waals surface area contributed by atoms with Gasteiger partial charge >= 0.3 is 0 Å². The van der Waals surface area contributed by atoms with Crippen LogP contribution in [0.1, 0.15) is 12.0 Å². The number of halogens is 1. The summed E-state index contributed by atoms with van der Waals surface area (Å²) in [6.45, 7) is 0.758. The van der Waals surface area contributed by atoms with Crippen molar-refractivity contribution in [3.05, 3.63) is 48.0 Å². The number of thioether (sulfide) groups is 1. The summed E-state index contributed by atoms with van der Waals surface area (Å²) in [5.41, 5.74) is 8.88. The van der Waals surface area contributed by atoms with Gasteiger partial charge in [0.25, 0.3) is 0 Å². The Kier molecular flexibility index (Phi) is 6.40. The largest absolute Gasteiger partial charge is 0.497 e. The number of ether oxygens (including phenoxy) is 1. The molecule has 2 N–H and O–H groups in total. The van der Waals surface area contributed by atoms with Crippen molar-refractivity contribution in [1.29, 1.82) is 0 Å². The highest BCUT2D eigenvalue weighted by molar-refractivity contribution is 8.00. The molecule has 1 amide bonds. The number of rotatable bonds is 4. The zero-order valence-corrected chi connectivity index (χ0v) is 15.2. The number of nitrogen functional groups attached to an aromatic ring is 1. The number of hydrogen-bond acceptors (Lipinski definition) is 4. The zero-order chi connectivity index (χ0) is 16.2. The van der Waals surface area contributed by atoms with E-state index in [9.17, 15) is 4.79 Å². The molecular formula is C18H21ClN2O2S. The van der Waals surface area contributed by atoms with Crippen LogP contribution in [-0.2, 0) is 11.2 Å². The van der Waals surface area contributed by atoms with E-state index >= 15 is 0 Å². The lowest BCUT2D eigenvalue weighted by Gasteiger charge is -2.30. The van der Waals surface area contributed by atoms with Crippen molar-refractivity contribution < 1.29 is 9.53 Å². The topological polar surface area (TPSA) is 55.6 Å². The summed E-state index contributed by atoms with van der Waals surface area (Å²) in [5, 5.41) is 0. The fourth-order valence-corrected chi connectivity index (χ4v) is 3.64. The summed E-state index contributed by atoms with van der Waals surface area (Å²) < 4.78 is 5.22. The third kappa shape index (κ3) is 3.97. The molecule has 6 heteroatoms. The van der Waals surface area contributed by atoms with Crippen molar-refractivity contribution in [1.82, 2.24) is 0 Å². The Labute approximate surface area is 152 Å². The number of methoxy groups -OCH3 is 1. The Morgan fingerprint density at radius 3 is 2.88 bits per heavy atom. The van der Waals surface area contributed by atoms with Crippen LogP contribution in [0.4, 0.5) is 11.4 Å². The van der Waals surface area contributed by atoms with E-state index in [-0.39, 0.29) is 18.3 Å². The average molecular weight is 365 g/mol. The minimum Gasteiger partial charge on any atom is -0.497 e. The number of anilines is 2. The smallest absolute Gasteiger partial charge is 0.237 e. The van der Waals surface area contributed by atoms with E-state index in [2.05, 4.69) is 0 Å². The van der Waals surface area contributed by atoms with Gasteiger partial charge in [0.1, 0.15) is 5.75 Å². The predicted molar refractivity (Wildman–Crippen MR) is 102 cm³/mol. The first-order chi connectivity index (χ1) is 11.2. The number of fused-ring (bicyclic) bond motifs is 1. The van der Waals surface area contributed by atoms with E-state index in [1.165, 1.54) is 11.8 Å². The Balaban J connectivity index is 0.00000208. The van der Waals surface area contributed by atoms with Gasteiger partial charge in [-0.25, -0.2) is 0 Å². The molecule has 24 heavy (non-hydrogen) atoms. The first kappa shape index (κ1) is 18.5. The van der Waals surface area contributed by atoms with Crippen LogP contribution in [0.3, 0.4) is 0 Å². The maximum Gasteiger partial charge on any atom is 0.237 e. The van der Waals surface area contributed by atoms with Gasteiger partial charge in [-0.2, -0.15) is 0 Å². The molecule has 0 unspecified atom stereocenters. The van der Waals surface area contributed by atoms with Gasteiger partial charge in [0.15, 0.2) is 0 Å². The molecule has 0 radical (unpaired) electrons. The average Bonchev–Trinajstić information content (AvgIpc) is 2.60. The highest BCUT2D eigenvalue weighted by atomic mass is 35.5. The minimum absolute atomic E-state index is 0. The molecule has 128 valence electrons. The van der Waals surface area contributed by atoms with Crippen LogP contribution in [0.2, 0.25) is 0 Å². The molecule has 0 saturated heterocycles. The van der Waals surface area contributed by atoms with Gasteiger partial charge in [0.2, 0.25) is 5.91 Å². The monoisotopic (exact) mass is 364 g/mol. The molecule has 0 saturated carbocycles. The van der Waals surface area contributed by atoms with E-state index in [1.54, 1.807) is 7.11 Å². The van der Waals surface area contributed by atoms with Gasteiger partial charge in [-0.3, -0.25) is 4.79 Å². The van der Waals surface area contributed by atoms with Crippen molar-refractivity contribution in [3.63, 3.8) is 0 Å². The molecule has 0 spiro atoms. The molecule has 0 fully saturated rings. The molecule has 1 aliphatic rings. The maximum atomic E-state index is 12.6. The standard InChI is InChI=1S/C18H20N2O2S.ClH/c1-22-13-5-2-6-14(11-13)23-12-18(21)20-10-4-7-15-16(19)8-3-9-17(15)20;/h2-3,5-6,8-9,11H,4,7,10,12,19H2,1H3;1H. The number of nitrogens with zero attached hydrogens (tertiary/aromatic N) is 1. The van der Waals surface area contributed by atoms with E-state index in [0.29, 0.717) is 5.75 Å². The number of carbonyl (C=O) groups excluding carboxylic acids is 1. The number of carbonyl (C=O) groups is 1. The summed E-state index contributed by atoms with van der Waals surface area (Å²) in [6.07, 6.45) is 1.89. The third-order valence-electron chi connectivity index (χ3n) is 3.99. The van der Waals surface area contributed by atoms with Crippen molar-refractivity contribution >= 4 is 41.5 Å². The van der Waals surface area contributed by atoms with E-state index < -0.39 is 0 Å². The van der Waals surface area contributed by atoms with Crippen molar-refractivity contribution in [2.75, 3.05) is 30.0 Å². The van der Waals surface area contributed by atoms with E-state index in [1.807, 2.05) is 47.4 Å². The Bertz CT molecular complexity index is 724. The molecule has 1 heterocycles. The van der Waals surface area contributed by atoms with Crippen LogP contribution in [0, 0.1) is 0 Å². The number of hydrogen-bond donors (Lipinski definition) is 1. The Morgan fingerprint density at radius 2 is 2.08 bits per heavy atom. The minimum atomic E-state index is 0. The van der Waals surface area contributed by atoms with Crippen molar-refractivity contribution in [2.24, 2.45) is 0 Å². The zero-order valence-electron chi connectivity index (χ0n) is 13.5. The normalized spacial score (nSPS) is 13.0. The van der Waals surface area contributed by atoms with Gasteiger partial charge in [0.05, 0.1) is 12.9 Å². The van der Waals surface area contributed by atoms with E-state index in [4.69, 9.17) is 10.5 Å². The molecule has 0 aliphatic carbocycles. The summed E-state index contributed by atoms with van der Waals surface area (Å²) in [6, 6.07) is 13.6. The Morgan fingerprint density at radius 1 is 1.29 bits per heavy atom. The number of nitrogens with two attached hydrogens (primary N) is 1. The lowest BCUT2D eigenvalue weighted by Crippen LogP contribution is -2.36. The summed E-state index contributed by atoms with van der Waals surface area (Å²) in [5.74, 6) is 1.32.